The van der Waals surface area contributed by atoms with Crippen LogP contribution in [0.25, 0.3) is 16.5 Å². The summed E-state index contributed by atoms with van der Waals surface area (Å²) in [6.07, 6.45) is 2.15. The van der Waals surface area contributed by atoms with Gasteiger partial charge in [-0.2, -0.15) is 0 Å². The minimum atomic E-state index is -0.478. The van der Waals surface area contributed by atoms with Crippen LogP contribution in [0.3, 0.4) is 0 Å². The molecule has 0 fully saturated rings. The van der Waals surface area contributed by atoms with Crippen molar-refractivity contribution in [2.24, 2.45) is 0 Å². The second-order valence-electron chi connectivity index (χ2n) is 6.66. The number of nitrogens with one attached hydrogen (secondary N) is 1. The van der Waals surface area contributed by atoms with Crippen molar-refractivity contribution in [2.45, 2.75) is 13.3 Å². The lowest BCUT2D eigenvalue weighted by Crippen LogP contribution is -2.28. The first kappa shape index (κ1) is 19.6. The van der Waals surface area contributed by atoms with Gasteiger partial charge < -0.3 is 14.6 Å². The second kappa shape index (κ2) is 7.93. The molecule has 0 aliphatic carbocycles. The topological polar surface area (TPSA) is 62.4 Å². The largest absolute Gasteiger partial charge is 0.462 e. The SMILES string of the molecule is CCOC(=O)C1=CN(C(=O)c2ccc(Cl)c(Cl)c2)CCc2c1[nH]c1ccccc21. The lowest BCUT2D eigenvalue weighted by Gasteiger charge is -2.18. The highest BCUT2D eigenvalue weighted by atomic mass is 35.5. The third kappa shape index (κ3) is 3.63. The van der Waals surface area contributed by atoms with Crippen LogP contribution in [0.5, 0.6) is 0 Å². The van der Waals surface area contributed by atoms with Gasteiger partial charge in [0.05, 0.1) is 27.9 Å². The number of aromatic amines is 1. The number of nitrogens with zero attached hydrogens (tertiary/aromatic N) is 1. The molecule has 5 nitrogen and oxygen atoms in total. The van der Waals surface area contributed by atoms with E-state index < -0.39 is 5.97 Å². The molecule has 29 heavy (non-hydrogen) atoms. The van der Waals surface area contributed by atoms with Crippen molar-refractivity contribution >= 4 is 51.6 Å². The molecule has 0 unspecified atom stereocenters. The van der Waals surface area contributed by atoms with Crippen LogP contribution in [0.4, 0.5) is 0 Å². The van der Waals surface area contributed by atoms with E-state index in [1.807, 2.05) is 24.3 Å². The molecule has 0 saturated heterocycles. The molecule has 2 aromatic carbocycles. The highest BCUT2D eigenvalue weighted by molar-refractivity contribution is 6.42. The zero-order valence-corrected chi connectivity index (χ0v) is 17.2. The number of halogens is 2. The van der Waals surface area contributed by atoms with Crippen molar-refractivity contribution in [2.75, 3.05) is 13.2 Å². The van der Waals surface area contributed by atoms with Crippen molar-refractivity contribution < 1.29 is 14.3 Å². The molecule has 4 rings (SSSR count). The Bertz CT molecular complexity index is 1150. The maximum absolute atomic E-state index is 13.1. The minimum absolute atomic E-state index is 0.243. The molecule has 0 radical (unpaired) electrons. The molecule has 1 aliphatic rings. The van der Waals surface area contributed by atoms with Crippen LogP contribution in [-0.2, 0) is 16.0 Å². The molecular formula is C22H18Cl2N2O3. The molecule has 148 valence electrons. The van der Waals surface area contributed by atoms with Gasteiger partial charge in [-0.3, -0.25) is 4.79 Å². The number of fused-ring (bicyclic) bond motifs is 3. The number of hydrogen-bond acceptors (Lipinski definition) is 3. The van der Waals surface area contributed by atoms with E-state index >= 15 is 0 Å². The predicted octanol–water partition coefficient (Wildman–Crippen LogP) is 5.08. The Balaban J connectivity index is 1.79. The summed E-state index contributed by atoms with van der Waals surface area (Å²) >= 11 is 12.0. The number of rotatable bonds is 3. The molecule has 1 amide bonds. The Morgan fingerprint density at radius 1 is 1.14 bits per heavy atom. The summed E-state index contributed by atoms with van der Waals surface area (Å²) in [6.45, 7) is 2.41. The van der Waals surface area contributed by atoms with Gasteiger partial charge in [0.2, 0.25) is 0 Å². The highest BCUT2D eigenvalue weighted by Crippen LogP contribution is 2.32. The van der Waals surface area contributed by atoms with Crippen molar-refractivity contribution in [1.29, 1.82) is 0 Å². The number of carbonyl (C=O) groups excluding carboxylic acids is 2. The summed E-state index contributed by atoms with van der Waals surface area (Å²) in [5.41, 5.74) is 3.34. The first-order chi connectivity index (χ1) is 14.0. The molecule has 1 aliphatic heterocycles. The first-order valence-corrected chi connectivity index (χ1v) is 10.00. The zero-order valence-electron chi connectivity index (χ0n) is 15.7. The maximum Gasteiger partial charge on any atom is 0.341 e. The van der Waals surface area contributed by atoms with Crippen molar-refractivity contribution in [3.8, 4) is 0 Å². The van der Waals surface area contributed by atoms with E-state index in [9.17, 15) is 9.59 Å². The number of esters is 1. The average molecular weight is 429 g/mol. The van der Waals surface area contributed by atoms with Crippen molar-refractivity contribution in [3.05, 3.63) is 75.5 Å². The Labute approximate surface area is 177 Å². The van der Waals surface area contributed by atoms with E-state index in [-0.39, 0.29) is 12.5 Å². The summed E-state index contributed by atoms with van der Waals surface area (Å²) in [5.74, 6) is -0.742. The monoisotopic (exact) mass is 428 g/mol. The third-order valence-electron chi connectivity index (χ3n) is 4.89. The van der Waals surface area contributed by atoms with Crippen molar-refractivity contribution in [3.63, 3.8) is 0 Å². The van der Waals surface area contributed by atoms with E-state index in [4.69, 9.17) is 27.9 Å². The zero-order chi connectivity index (χ0) is 20.5. The van der Waals surface area contributed by atoms with Gasteiger partial charge in [-0.1, -0.05) is 41.4 Å². The molecule has 0 bridgehead atoms. The van der Waals surface area contributed by atoms with Crippen LogP contribution in [0.15, 0.2) is 48.7 Å². The van der Waals surface area contributed by atoms with Crippen LogP contribution in [0.2, 0.25) is 10.0 Å². The quantitative estimate of drug-likeness (QED) is 0.591. The van der Waals surface area contributed by atoms with Gasteiger partial charge in [-0.25, -0.2) is 4.79 Å². The number of para-hydroxylation sites is 1. The van der Waals surface area contributed by atoms with Gasteiger partial charge in [-0.15, -0.1) is 0 Å². The molecule has 0 saturated carbocycles. The van der Waals surface area contributed by atoms with E-state index in [0.29, 0.717) is 39.8 Å². The average Bonchev–Trinajstić information content (AvgIpc) is 2.97. The number of hydrogen-bond donors (Lipinski definition) is 1. The van der Waals surface area contributed by atoms with Gasteiger partial charge in [-0.05, 0) is 43.2 Å². The van der Waals surface area contributed by atoms with Crippen LogP contribution < -0.4 is 0 Å². The first-order valence-electron chi connectivity index (χ1n) is 9.24. The van der Waals surface area contributed by atoms with Gasteiger partial charge in [0, 0.05) is 29.2 Å². The molecule has 3 aromatic rings. The van der Waals surface area contributed by atoms with Crippen LogP contribution in [0, 0.1) is 0 Å². The van der Waals surface area contributed by atoms with Gasteiger partial charge >= 0.3 is 5.97 Å². The van der Waals surface area contributed by atoms with Crippen LogP contribution in [0.1, 0.15) is 28.5 Å². The standard InChI is InChI=1S/C22H18Cl2N2O3/c1-2-29-22(28)16-12-26(21(27)13-7-8-17(23)18(24)11-13)10-9-15-14-5-3-4-6-19(14)25-20(15)16/h3-8,11-12,25H,2,9-10H2,1H3. The summed E-state index contributed by atoms with van der Waals surface area (Å²) in [7, 11) is 0. The lowest BCUT2D eigenvalue weighted by molar-refractivity contribution is -0.136. The Morgan fingerprint density at radius 2 is 1.93 bits per heavy atom. The lowest BCUT2D eigenvalue weighted by atomic mass is 10.0. The number of H-pyrrole nitrogens is 1. The Kier molecular flexibility index (Phi) is 5.35. The van der Waals surface area contributed by atoms with E-state index in [1.165, 1.54) is 11.0 Å². The van der Waals surface area contributed by atoms with E-state index in [1.54, 1.807) is 25.3 Å². The molecular weight excluding hydrogens is 411 g/mol. The molecule has 1 aromatic heterocycles. The highest BCUT2D eigenvalue weighted by Gasteiger charge is 2.27. The van der Waals surface area contributed by atoms with Crippen LogP contribution in [-0.4, -0.2) is 34.9 Å². The number of carbonyl (C=O) groups is 2. The fraction of sp³-hybridized carbons (Fsp3) is 0.182. The fourth-order valence-electron chi connectivity index (χ4n) is 3.53. The number of aromatic nitrogens is 1. The third-order valence-corrected chi connectivity index (χ3v) is 5.63. The molecule has 0 spiro atoms. The normalized spacial score (nSPS) is 13.6. The van der Waals surface area contributed by atoms with E-state index in [2.05, 4.69) is 4.98 Å². The Hall–Kier alpha value is -2.76. The van der Waals surface area contributed by atoms with E-state index in [0.717, 1.165) is 16.5 Å². The van der Waals surface area contributed by atoms with Gasteiger partial charge in [0.15, 0.2) is 0 Å². The summed E-state index contributed by atoms with van der Waals surface area (Å²) in [6, 6.07) is 12.6. The van der Waals surface area contributed by atoms with Gasteiger partial charge in [0.1, 0.15) is 0 Å². The molecule has 1 N–H and O–H groups in total. The van der Waals surface area contributed by atoms with Crippen LogP contribution >= 0.6 is 23.2 Å². The molecule has 2 heterocycles. The smallest absolute Gasteiger partial charge is 0.341 e. The Morgan fingerprint density at radius 3 is 2.69 bits per heavy atom. The van der Waals surface area contributed by atoms with Crippen molar-refractivity contribution in [1.82, 2.24) is 9.88 Å². The summed E-state index contributed by atoms with van der Waals surface area (Å²) < 4.78 is 5.25. The van der Waals surface area contributed by atoms with Gasteiger partial charge in [0.25, 0.3) is 5.91 Å². The number of benzene rings is 2. The summed E-state index contributed by atoms with van der Waals surface area (Å²) in [5, 5.41) is 1.71. The summed E-state index contributed by atoms with van der Waals surface area (Å²) in [4.78, 5) is 30.6. The minimum Gasteiger partial charge on any atom is -0.462 e. The number of amides is 1. The maximum atomic E-state index is 13.1. The molecule has 0 atom stereocenters. The molecule has 7 heteroatoms. The number of ether oxygens (including phenoxy) is 1. The predicted molar refractivity (Wildman–Crippen MR) is 114 cm³/mol. The second-order valence-corrected chi connectivity index (χ2v) is 7.48. The fourth-order valence-corrected chi connectivity index (χ4v) is 3.82.